The van der Waals surface area contributed by atoms with Crippen LogP contribution < -0.4 is 5.32 Å². The molecule has 2 amide bonds. The van der Waals surface area contributed by atoms with E-state index in [1.54, 1.807) is 4.90 Å². The van der Waals surface area contributed by atoms with Gasteiger partial charge in [-0.05, 0) is 57.1 Å². The van der Waals surface area contributed by atoms with Gasteiger partial charge >= 0.3 is 0 Å². The summed E-state index contributed by atoms with van der Waals surface area (Å²) in [6.07, 6.45) is 1.81. The molecule has 0 atom stereocenters. The molecule has 1 saturated heterocycles. The molecule has 30 heavy (non-hydrogen) atoms. The van der Waals surface area contributed by atoms with E-state index < -0.39 is 17.5 Å². The highest BCUT2D eigenvalue weighted by Crippen LogP contribution is 2.26. The van der Waals surface area contributed by atoms with Crippen LogP contribution in [-0.2, 0) is 0 Å². The summed E-state index contributed by atoms with van der Waals surface area (Å²) in [5, 5.41) is 12.8. The third-order valence-electron chi connectivity index (χ3n) is 5.14. The molecular weight excluding hydrogens is 392 g/mol. The number of halogens is 2. The van der Waals surface area contributed by atoms with Gasteiger partial charge in [0, 0.05) is 43.0 Å². The quantitative estimate of drug-likeness (QED) is 0.783. The standard InChI is InChI=1S/C22H25F2N3O3/c1-26(2)13-14-5-7-27(8-6-14)22(30)19-4-3-18(12-20(19)28)25-21(29)15-9-16(23)11-17(24)10-15/h3-4,9-12,14,28H,5-8,13H2,1-2H3,(H,25,29). The number of nitrogens with zero attached hydrogens (tertiary/aromatic N) is 2. The van der Waals surface area contributed by atoms with Gasteiger partial charge in [0.05, 0.1) is 5.56 Å². The molecule has 2 aromatic rings. The van der Waals surface area contributed by atoms with Crippen molar-refractivity contribution >= 4 is 17.5 Å². The third-order valence-corrected chi connectivity index (χ3v) is 5.14. The van der Waals surface area contributed by atoms with E-state index in [1.807, 2.05) is 14.1 Å². The number of hydrogen-bond donors (Lipinski definition) is 2. The van der Waals surface area contributed by atoms with E-state index in [0.29, 0.717) is 25.1 Å². The Kier molecular flexibility index (Phi) is 6.66. The van der Waals surface area contributed by atoms with Gasteiger partial charge in [-0.3, -0.25) is 9.59 Å². The molecule has 0 radical (unpaired) electrons. The summed E-state index contributed by atoms with van der Waals surface area (Å²) in [5.41, 5.74) is 0.173. The fraction of sp³-hybridized carbons (Fsp3) is 0.364. The van der Waals surface area contributed by atoms with Gasteiger partial charge in [0.25, 0.3) is 11.8 Å². The first-order valence-electron chi connectivity index (χ1n) is 9.77. The molecule has 160 valence electrons. The van der Waals surface area contributed by atoms with Crippen molar-refractivity contribution in [3.8, 4) is 5.75 Å². The fourth-order valence-electron chi connectivity index (χ4n) is 3.68. The molecule has 6 nitrogen and oxygen atoms in total. The van der Waals surface area contributed by atoms with Gasteiger partial charge in [-0.15, -0.1) is 0 Å². The van der Waals surface area contributed by atoms with Crippen LogP contribution in [0, 0.1) is 17.6 Å². The molecule has 1 aliphatic heterocycles. The van der Waals surface area contributed by atoms with E-state index in [9.17, 15) is 23.5 Å². The molecule has 0 aromatic heterocycles. The number of phenols is 1. The topological polar surface area (TPSA) is 72.9 Å². The Bertz CT molecular complexity index is 921. The van der Waals surface area contributed by atoms with Gasteiger partial charge in [0.2, 0.25) is 0 Å². The van der Waals surface area contributed by atoms with Gasteiger partial charge in [0.1, 0.15) is 17.4 Å². The Morgan fingerprint density at radius 1 is 1.10 bits per heavy atom. The summed E-state index contributed by atoms with van der Waals surface area (Å²) in [7, 11) is 4.06. The summed E-state index contributed by atoms with van der Waals surface area (Å²) < 4.78 is 26.6. The zero-order valence-electron chi connectivity index (χ0n) is 17.0. The SMILES string of the molecule is CN(C)CC1CCN(C(=O)c2ccc(NC(=O)c3cc(F)cc(F)c3)cc2O)CC1. The predicted octanol–water partition coefficient (Wildman–Crippen LogP) is 3.34. The number of carbonyl (C=O) groups is 2. The lowest BCUT2D eigenvalue weighted by Gasteiger charge is -2.33. The minimum absolute atomic E-state index is 0.149. The van der Waals surface area contributed by atoms with E-state index in [-0.39, 0.29) is 28.5 Å². The molecular formula is C22H25F2N3O3. The van der Waals surface area contributed by atoms with E-state index in [1.165, 1.54) is 18.2 Å². The number of phenolic OH excluding ortho intramolecular Hbond substituents is 1. The van der Waals surface area contributed by atoms with Crippen LogP contribution in [0.2, 0.25) is 0 Å². The second kappa shape index (κ2) is 9.21. The maximum Gasteiger partial charge on any atom is 0.257 e. The van der Waals surface area contributed by atoms with Crippen molar-refractivity contribution in [2.45, 2.75) is 12.8 Å². The van der Waals surface area contributed by atoms with Crippen molar-refractivity contribution in [3.63, 3.8) is 0 Å². The van der Waals surface area contributed by atoms with Gasteiger partial charge in [-0.25, -0.2) is 8.78 Å². The molecule has 1 aliphatic rings. The maximum absolute atomic E-state index is 13.3. The number of nitrogens with one attached hydrogen (secondary N) is 1. The first-order chi connectivity index (χ1) is 14.2. The highest BCUT2D eigenvalue weighted by Gasteiger charge is 2.25. The maximum atomic E-state index is 13.3. The molecule has 0 spiro atoms. The lowest BCUT2D eigenvalue weighted by atomic mass is 9.96. The number of carbonyl (C=O) groups excluding carboxylic acids is 2. The molecule has 8 heteroatoms. The second-order valence-electron chi connectivity index (χ2n) is 7.84. The van der Waals surface area contributed by atoms with E-state index in [2.05, 4.69) is 10.2 Å². The molecule has 0 unspecified atom stereocenters. The number of benzene rings is 2. The number of anilines is 1. The molecule has 0 saturated carbocycles. The lowest BCUT2D eigenvalue weighted by Crippen LogP contribution is -2.40. The summed E-state index contributed by atoms with van der Waals surface area (Å²) in [5.74, 6) is -2.44. The number of likely N-dealkylation sites (tertiary alicyclic amines) is 1. The Morgan fingerprint density at radius 2 is 1.73 bits per heavy atom. The highest BCUT2D eigenvalue weighted by molar-refractivity contribution is 6.05. The molecule has 0 aliphatic carbocycles. The Labute approximate surface area is 174 Å². The number of hydrogen-bond acceptors (Lipinski definition) is 4. The van der Waals surface area contributed by atoms with Crippen molar-refractivity contribution in [2.24, 2.45) is 5.92 Å². The van der Waals surface area contributed by atoms with E-state index in [0.717, 1.165) is 31.5 Å². The van der Waals surface area contributed by atoms with Crippen molar-refractivity contribution in [1.82, 2.24) is 9.80 Å². The Hall–Kier alpha value is -3.00. The van der Waals surface area contributed by atoms with Crippen LogP contribution in [0.1, 0.15) is 33.6 Å². The minimum atomic E-state index is -0.863. The van der Waals surface area contributed by atoms with Gasteiger partial charge in [-0.1, -0.05) is 0 Å². The van der Waals surface area contributed by atoms with Crippen LogP contribution >= 0.6 is 0 Å². The zero-order chi connectivity index (χ0) is 21.8. The minimum Gasteiger partial charge on any atom is -0.507 e. The van der Waals surface area contributed by atoms with Crippen LogP contribution in [-0.4, -0.2) is 60.5 Å². The van der Waals surface area contributed by atoms with Crippen LogP contribution in [0.15, 0.2) is 36.4 Å². The van der Waals surface area contributed by atoms with Crippen LogP contribution in [0.4, 0.5) is 14.5 Å². The smallest absolute Gasteiger partial charge is 0.257 e. The van der Waals surface area contributed by atoms with Gasteiger partial charge < -0.3 is 20.2 Å². The Balaban J connectivity index is 1.65. The predicted molar refractivity (Wildman–Crippen MR) is 110 cm³/mol. The Morgan fingerprint density at radius 3 is 2.30 bits per heavy atom. The summed E-state index contributed by atoms with van der Waals surface area (Å²) in [6, 6.07) is 6.66. The monoisotopic (exact) mass is 417 g/mol. The largest absolute Gasteiger partial charge is 0.507 e. The van der Waals surface area contributed by atoms with Crippen LogP contribution in [0.5, 0.6) is 5.75 Å². The first kappa shape index (κ1) is 21.7. The number of piperidine rings is 1. The summed E-state index contributed by atoms with van der Waals surface area (Å²) in [4.78, 5) is 28.8. The highest BCUT2D eigenvalue weighted by atomic mass is 19.1. The average molecular weight is 417 g/mol. The molecule has 2 aromatic carbocycles. The van der Waals surface area contributed by atoms with Crippen molar-refractivity contribution < 1.29 is 23.5 Å². The summed E-state index contributed by atoms with van der Waals surface area (Å²) in [6.45, 7) is 2.23. The number of aromatic hydroxyl groups is 1. The average Bonchev–Trinajstić information content (AvgIpc) is 2.67. The number of rotatable bonds is 5. The fourth-order valence-corrected chi connectivity index (χ4v) is 3.68. The molecule has 1 fully saturated rings. The molecule has 2 N–H and O–H groups in total. The zero-order valence-corrected chi connectivity index (χ0v) is 17.0. The molecule has 1 heterocycles. The van der Waals surface area contributed by atoms with E-state index in [4.69, 9.17) is 0 Å². The normalized spacial score (nSPS) is 14.8. The van der Waals surface area contributed by atoms with Gasteiger partial charge in [0.15, 0.2) is 0 Å². The molecule has 0 bridgehead atoms. The lowest BCUT2D eigenvalue weighted by molar-refractivity contribution is 0.0675. The van der Waals surface area contributed by atoms with Gasteiger partial charge in [-0.2, -0.15) is 0 Å². The van der Waals surface area contributed by atoms with Crippen molar-refractivity contribution in [2.75, 3.05) is 39.0 Å². The third kappa shape index (κ3) is 5.33. The van der Waals surface area contributed by atoms with Crippen LogP contribution in [0.25, 0.3) is 0 Å². The number of amides is 2. The van der Waals surface area contributed by atoms with E-state index >= 15 is 0 Å². The van der Waals surface area contributed by atoms with Crippen LogP contribution in [0.3, 0.4) is 0 Å². The van der Waals surface area contributed by atoms with Crippen molar-refractivity contribution in [1.29, 1.82) is 0 Å². The summed E-state index contributed by atoms with van der Waals surface area (Å²) >= 11 is 0. The first-order valence-corrected chi connectivity index (χ1v) is 9.77. The molecule has 3 rings (SSSR count). The van der Waals surface area contributed by atoms with Crippen molar-refractivity contribution in [3.05, 3.63) is 59.2 Å². The second-order valence-corrected chi connectivity index (χ2v) is 7.84.